The number of benzene rings is 3. The number of rotatable bonds is 5. The van der Waals surface area contributed by atoms with Gasteiger partial charge in [-0.1, -0.05) is 60.7 Å². The minimum Gasteiger partial charge on any atom is -0.477 e. The fourth-order valence-corrected chi connectivity index (χ4v) is 4.04. The van der Waals surface area contributed by atoms with Crippen molar-refractivity contribution in [1.29, 1.82) is 0 Å². The number of hydrogen-bond donors (Lipinski definition) is 1. The minimum atomic E-state index is -0.570. The molecule has 1 atom stereocenters. The third kappa shape index (κ3) is 3.83. The van der Waals surface area contributed by atoms with E-state index < -0.39 is 6.10 Å². The highest BCUT2D eigenvalue weighted by atomic mass is 16.5. The second-order valence-corrected chi connectivity index (χ2v) is 7.72. The van der Waals surface area contributed by atoms with Crippen molar-refractivity contribution >= 4 is 11.6 Å². The number of likely N-dealkylation sites (N-methyl/N-ethyl adjacent to an activating group) is 1. The molecule has 1 N–H and O–H groups in total. The number of ether oxygens (including phenoxy) is 1. The molecule has 0 saturated carbocycles. The van der Waals surface area contributed by atoms with Gasteiger partial charge in [0, 0.05) is 30.9 Å². The van der Waals surface area contributed by atoms with Crippen LogP contribution < -0.4 is 15.0 Å². The average Bonchev–Trinajstić information content (AvgIpc) is 3.28. The fourth-order valence-electron chi connectivity index (χ4n) is 4.04. The number of carbonyl (C=O) groups is 1. The molecule has 0 spiro atoms. The van der Waals surface area contributed by atoms with Gasteiger partial charge in [0.25, 0.3) is 5.91 Å². The Balaban J connectivity index is 1.55. The van der Waals surface area contributed by atoms with Gasteiger partial charge in [-0.25, -0.2) is 4.68 Å². The van der Waals surface area contributed by atoms with E-state index in [2.05, 4.69) is 28.5 Å². The van der Waals surface area contributed by atoms with Gasteiger partial charge in [-0.3, -0.25) is 4.79 Å². The number of amides is 1. The van der Waals surface area contributed by atoms with Crippen molar-refractivity contribution in [2.24, 2.45) is 0 Å². The smallest absolute Gasteiger partial charge is 0.262 e. The topological polar surface area (TPSA) is 59.4 Å². The molecule has 0 bridgehead atoms. The maximum Gasteiger partial charge on any atom is 0.262 e. The van der Waals surface area contributed by atoms with Crippen molar-refractivity contribution in [2.75, 3.05) is 18.5 Å². The van der Waals surface area contributed by atoms with Crippen LogP contribution in [0.1, 0.15) is 5.56 Å². The van der Waals surface area contributed by atoms with Gasteiger partial charge in [0.1, 0.15) is 5.75 Å². The van der Waals surface area contributed by atoms with Crippen LogP contribution in [-0.2, 0) is 11.3 Å². The quantitative estimate of drug-likeness (QED) is 0.525. The minimum absolute atomic E-state index is 0.132. The maximum absolute atomic E-state index is 12.4. The maximum atomic E-state index is 12.4. The molecular weight excluding hydrogens is 400 g/mol. The van der Waals surface area contributed by atoms with Crippen LogP contribution in [0.15, 0.2) is 91.1 Å². The van der Waals surface area contributed by atoms with Gasteiger partial charge in [-0.05, 0) is 24.3 Å². The Morgan fingerprint density at radius 1 is 1.00 bits per heavy atom. The zero-order chi connectivity index (χ0) is 21.9. The van der Waals surface area contributed by atoms with E-state index in [4.69, 9.17) is 9.84 Å². The van der Waals surface area contributed by atoms with Gasteiger partial charge < -0.3 is 15.0 Å². The summed E-state index contributed by atoms with van der Waals surface area (Å²) in [5.41, 5.74) is 5.03. The summed E-state index contributed by atoms with van der Waals surface area (Å²) in [5, 5.41) is 7.63. The van der Waals surface area contributed by atoms with Crippen molar-refractivity contribution in [2.45, 2.75) is 12.6 Å². The molecule has 1 unspecified atom stereocenters. The van der Waals surface area contributed by atoms with Crippen LogP contribution in [0, 0.1) is 0 Å². The van der Waals surface area contributed by atoms with Gasteiger partial charge in [-0.2, -0.15) is 5.10 Å². The summed E-state index contributed by atoms with van der Waals surface area (Å²) in [5.74, 6) is 0.580. The van der Waals surface area contributed by atoms with E-state index in [9.17, 15) is 4.79 Å². The summed E-state index contributed by atoms with van der Waals surface area (Å²) in [6.07, 6.45) is 1.50. The molecule has 160 valence electrons. The summed E-state index contributed by atoms with van der Waals surface area (Å²) in [6, 6.07) is 28.1. The fraction of sp³-hybridized carbons (Fsp3) is 0.154. The number of nitrogens with one attached hydrogen (secondary N) is 1. The summed E-state index contributed by atoms with van der Waals surface area (Å²) in [7, 11) is 1.63. The van der Waals surface area contributed by atoms with Crippen molar-refractivity contribution < 1.29 is 9.53 Å². The Bertz CT molecular complexity index is 1220. The zero-order valence-corrected chi connectivity index (χ0v) is 17.8. The van der Waals surface area contributed by atoms with Crippen LogP contribution in [-0.4, -0.2) is 35.4 Å². The van der Waals surface area contributed by atoms with Crippen molar-refractivity contribution in [3.63, 3.8) is 0 Å². The van der Waals surface area contributed by atoms with Crippen molar-refractivity contribution in [3.8, 4) is 22.7 Å². The molecule has 0 radical (unpaired) electrons. The van der Waals surface area contributed by atoms with E-state index in [0.29, 0.717) is 18.8 Å². The van der Waals surface area contributed by atoms with Crippen LogP contribution >= 0.6 is 0 Å². The first-order chi connectivity index (χ1) is 15.7. The molecule has 1 aromatic heterocycles. The zero-order valence-electron chi connectivity index (χ0n) is 17.8. The Morgan fingerprint density at radius 2 is 1.69 bits per heavy atom. The highest BCUT2D eigenvalue weighted by Gasteiger charge is 2.31. The first kappa shape index (κ1) is 19.9. The lowest BCUT2D eigenvalue weighted by Crippen LogP contribution is -2.47. The predicted molar refractivity (Wildman–Crippen MR) is 125 cm³/mol. The summed E-state index contributed by atoms with van der Waals surface area (Å²) < 4.78 is 7.88. The van der Waals surface area contributed by atoms with E-state index in [-0.39, 0.29) is 5.91 Å². The van der Waals surface area contributed by atoms with Crippen LogP contribution in [0.3, 0.4) is 0 Å². The number of carbonyl (C=O) groups excluding carboxylic acids is 1. The Hall–Kier alpha value is -4.06. The van der Waals surface area contributed by atoms with Crippen LogP contribution in [0.25, 0.3) is 16.9 Å². The number of fused-ring (bicyclic) bond motifs is 1. The number of hydrogen-bond acceptors (Lipinski definition) is 4. The molecule has 6 nitrogen and oxygen atoms in total. The first-order valence-corrected chi connectivity index (χ1v) is 10.6. The van der Waals surface area contributed by atoms with E-state index in [1.54, 1.807) is 7.05 Å². The van der Waals surface area contributed by atoms with Crippen molar-refractivity contribution in [3.05, 3.63) is 96.7 Å². The van der Waals surface area contributed by atoms with Gasteiger partial charge in [-0.15, -0.1) is 0 Å². The monoisotopic (exact) mass is 424 g/mol. The molecule has 4 aromatic rings. The van der Waals surface area contributed by atoms with E-state index in [1.165, 1.54) is 0 Å². The number of anilines is 1. The van der Waals surface area contributed by atoms with Crippen molar-refractivity contribution in [1.82, 2.24) is 15.1 Å². The third-order valence-electron chi connectivity index (χ3n) is 5.62. The van der Waals surface area contributed by atoms with Gasteiger partial charge in [0.15, 0.2) is 6.10 Å². The van der Waals surface area contributed by atoms with Crippen LogP contribution in [0.4, 0.5) is 5.69 Å². The lowest BCUT2D eigenvalue weighted by Gasteiger charge is -2.35. The molecule has 0 aliphatic carbocycles. The Kier molecular flexibility index (Phi) is 5.34. The molecule has 5 rings (SSSR count). The summed E-state index contributed by atoms with van der Waals surface area (Å²) in [4.78, 5) is 14.6. The number of aromatic nitrogens is 2. The van der Waals surface area contributed by atoms with Gasteiger partial charge in [0.05, 0.1) is 23.6 Å². The molecular formula is C26H24N4O2. The first-order valence-electron chi connectivity index (χ1n) is 10.6. The average molecular weight is 425 g/mol. The number of nitrogens with zero attached hydrogens (tertiary/aromatic N) is 3. The molecule has 2 heterocycles. The third-order valence-corrected chi connectivity index (χ3v) is 5.62. The van der Waals surface area contributed by atoms with E-state index >= 15 is 0 Å². The lowest BCUT2D eigenvalue weighted by molar-refractivity contribution is -0.127. The van der Waals surface area contributed by atoms with Crippen LogP contribution in [0.5, 0.6) is 5.75 Å². The molecule has 1 aliphatic rings. The van der Waals surface area contributed by atoms with Gasteiger partial charge in [0.2, 0.25) is 0 Å². The lowest BCUT2D eigenvalue weighted by atomic mass is 10.1. The standard InChI is InChI=1S/C26H24N4O2/c1-27-26(31)24-18-29(22-14-8-9-15-23(22)32-24)16-20-17-30(21-12-6-3-7-13-21)28-25(20)19-10-4-2-5-11-19/h2-15,17,24H,16,18H2,1H3,(H,27,31). The van der Waals surface area contributed by atoms with E-state index in [1.807, 2.05) is 77.5 Å². The Morgan fingerprint density at radius 3 is 2.44 bits per heavy atom. The van der Waals surface area contributed by atoms with Crippen LogP contribution in [0.2, 0.25) is 0 Å². The molecule has 0 fully saturated rings. The Labute approximate surface area is 187 Å². The second kappa shape index (κ2) is 8.59. The second-order valence-electron chi connectivity index (χ2n) is 7.72. The molecule has 1 aliphatic heterocycles. The highest BCUT2D eigenvalue weighted by Crippen LogP contribution is 2.35. The van der Waals surface area contributed by atoms with Gasteiger partial charge >= 0.3 is 0 Å². The normalized spacial score (nSPS) is 15.0. The molecule has 1 amide bonds. The largest absolute Gasteiger partial charge is 0.477 e. The molecule has 6 heteroatoms. The highest BCUT2D eigenvalue weighted by molar-refractivity contribution is 5.83. The molecule has 3 aromatic carbocycles. The number of para-hydroxylation sites is 3. The van der Waals surface area contributed by atoms with E-state index in [0.717, 1.165) is 28.2 Å². The predicted octanol–water partition coefficient (Wildman–Crippen LogP) is 4.05. The SMILES string of the molecule is CNC(=O)C1CN(Cc2cn(-c3ccccc3)nc2-c2ccccc2)c2ccccc2O1. The molecule has 32 heavy (non-hydrogen) atoms. The summed E-state index contributed by atoms with van der Waals surface area (Å²) >= 11 is 0. The molecule has 0 saturated heterocycles. The summed E-state index contributed by atoms with van der Waals surface area (Å²) in [6.45, 7) is 1.06.